The SMILES string of the molecule is CCC(C)NC(=O)C(C)NC(=O)c1cccc(I)c1. The molecule has 104 valence electrons. The van der Waals surface area contributed by atoms with Crippen molar-refractivity contribution in [2.24, 2.45) is 0 Å². The molecule has 0 saturated heterocycles. The van der Waals surface area contributed by atoms with E-state index in [4.69, 9.17) is 0 Å². The second-order valence-electron chi connectivity index (χ2n) is 4.52. The molecule has 0 aliphatic rings. The first-order valence-corrected chi connectivity index (χ1v) is 7.38. The van der Waals surface area contributed by atoms with Gasteiger partial charge in [-0.3, -0.25) is 9.59 Å². The topological polar surface area (TPSA) is 58.2 Å². The van der Waals surface area contributed by atoms with Gasteiger partial charge in [0.05, 0.1) is 0 Å². The van der Waals surface area contributed by atoms with Gasteiger partial charge in [-0.2, -0.15) is 0 Å². The van der Waals surface area contributed by atoms with Crippen LogP contribution in [-0.4, -0.2) is 23.9 Å². The number of halogens is 1. The molecule has 0 bridgehead atoms. The molecule has 1 rings (SSSR count). The Bertz CT molecular complexity index is 463. The number of benzene rings is 1. The molecule has 5 heteroatoms. The molecule has 2 amide bonds. The maximum absolute atomic E-state index is 12.0. The molecule has 0 aliphatic heterocycles. The van der Waals surface area contributed by atoms with Gasteiger partial charge in [0.1, 0.15) is 6.04 Å². The fourth-order valence-corrected chi connectivity index (χ4v) is 1.99. The molecule has 1 aromatic carbocycles. The van der Waals surface area contributed by atoms with Gasteiger partial charge in [0, 0.05) is 15.2 Å². The van der Waals surface area contributed by atoms with Gasteiger partial charge in [-0.15, -0.1) is 0 Å². The highest BCUT2D eigenvalue weighted by molar-refractivity contribution is 14.1. The van der Waals surface area contributed by atoms with Gasteiger partial charge in [-0.1, -0.05) is 13.0 Å². The lowest BCUT2D eigenvalue weighted by Crippen LogP contribution is -2.47. The summed E-state index contributed by atoms with van der Waals surface area (Å²) in [6.07, 6.45) is 0.864. The van der Waals surface area contributed by atoms with Crippen LogP contribution in [0, 0.1) is 3.57 Å². The maximum Gasteiger partial charge on any atom is 0.251 e. The Morgan fingerprint density at radius 1 is 1.26 bits per heavy atom. The normalized spacial score (nSPS) is 13.5. The van der Waals surface area contributed by atoms with Crippen molar-refractivity contribution < 1.29 is 9.59 Å². The maximum atomic E-state index is 12.0. The summed E-state index contributed by atoms with van der Waals surface area (Å²) in [6.45, 7) is 5.62. The van der Waals surface area contributed by atoms with Gasteiger partial charge in [0.25, 0.3) is 5.91 Å². The Balaban J connectivity index is 2.59. The fraction of sp³-hybridized carbons (Fsp3) is 0.429. The summed E-state index contributed by atoms with van der Waals surface area (Å²) in [6, 6.07) is 6.83. The largest absolute Gasteiger partial charge is 0.352 e. The molecule has 2 N–H and O–H groups in total. The highest BCUT2D eigenvalue weighted by Crippen LogP contribution is 2.07. The van der Waals surface area contributed by atoms with E-state index in [0.717, 1.165) is 9.99 Å². The van der Waals surface area contributed by atoms with Crippen molar-refractivity contribution in [2.75, 3.05) is 0 Å². The first-order chi connectivity index (χ1) is 8.93. The Morgan fingerprint density at radius 3 is 2.53 bits per heavy atom. The van der Waals surface area contributed by atoms with Crippen LogP contribution in [0.3, 0.4) is 0 Å². The second kappa shape index (κ2) is 7.47. The van der Waals surface area contributed by atoms with Crippen molar-refractivity contribution in [3.63, 3.8) is 0 Å². The highest BCUT2D eigenvalue weighted by Gasteiger charge is 2.17. The third-order valence-corrected chi connectivity index (χ3v) is 3.50. The average Bonchev–Trinajstić information content (AvgIpc) is 2.38. The average molecular weight is 374 g/mol. The number of amides is 2. The predicted octanol–water partition coefficient (Wildman–Crippen LogP) is 2.32. The number of carbonyl (C=O) groups is 2. The van der Waals surface area contributed by atoms with Gasteiger partial charge in [-0.05, 0) is 61.1 Å². The van der Waals surface area contributed by atoms with Crippen LogP contribution in [-0.2, 0) is 4.79 Å². The van der Waals surface area contributed by atoms with Gasteiger partial charge >= 0.3 is 0 Å². The summed E-state index contributed by atoms with van der Waals surface area (Å²) in [7, 11) is 0. The minimum atomic E-state index is -0.542. The molecule has 0 saturated carbocycles. The Labute approximate surface area is 127 Å². The van der Waals surface area contributed by atoms with E-state index in [9.17, 15) is 9.59 Å². The van der Waals surface area contributed by atoms with E-state index in [0.29, 0.717) is 5.56 Å². The van der Waals surface area contributed by atoms with Crippen LogP contribution >= 0.6 is 22.6 Å². The zero-order chi connectivity index (χ0) is 14.4. The number of hydrogen-bond donors (Lipinski definition) is 2. The van der Waals surface area contributed by atoms with Crippen molar-refractivity contribution in [3.8, 4) is 0 Å². The van der Waals surface area contributed by atoms with Crippen molar-refractivity contribution >= 4 is 34.4 Å². The fourth-order valence-electron chi connectivity index (χ4n) is 1.45. The zero-order valence-electron chi connectivity index (χ0n) is 11.4. The Kier molecular flexibility index (Phi) is 6.27. The summed E-state index contributed by atoms with van der Waals surface area (Å²) in [5.41, 5.74) is 0.565. The van der Waals surface area contributed by atoms with E-state index in [1.54, 1.807) is 19.1 Å². The first kappa shape index (κ1) is 15.9. The van der Waals surface area contributed by atoms with Crippen LogP contribution in [0.2, 0.25) is 0 Å². The molecule has 1 aromatic rings. The number of hydrogen-bond acceptors (Lipinski definition) is 2. The van der Waals surface area contributed by atoms with Crippen LogP contribution in [0.1, 0.15) is 37.6 Å². The molecular weight excluding hydrogens is 355 g/mol. The lowest BCUT2D eigenvalue weighted by Gasteiger charge is -2.17. The molecule has 0 spiro atoms. The quantitative estimate of drug-likeness (QED) is 0.778. The third kappa shape index (κ3) is 5.18. The summed E-state index contributed by atoms with van der Waals surface area (Å²) in [5.74, 6) is -0.390. The molecule has 4 nitrogen and oxygen atoms in total. The molecule has 0 heterocycles. The summed E-state index contributed by atoms with van der Waals surface area (Å²) in [4.78, 5) is 23.8. The summed E-state index contributed by atoms with van der Waals surface area (Å²) < 4.78 is 0.988. The number of nitrogens with one attached hydrogen (secondary N) is 2. The Hall–Kier alpha value is -1.11. The van der Waals surface area contributed by atoms with E-state index in [1.807, 2.05) is 26.0 Å². The van der Waals surface area contributed by atoms with Crippen molar-refractivity contribution in [3.05, 3.63) is 33.4 Å². The minimum absolute atomic E-state index is 0.115. The van der Waals surface area contributed by atoms with E-state index in [1.165, 1.54) is 0 Å². The number of carbonyl (C=O) groups excluding carboxylic acids is 2. The van der Waals surface area contributed by atoms with Crippen molar-refractivity contribution in [1.29, 1.82) is 0 Å². The third-order valence-electron chi connectivity index (χ3n) is 2.83. The standard InChI is InChI=1S/C14H19IN2O2/c1-4-9(2)16-13(18)10(3)17-14(19)11-6-5-7-12(15)8-11/h5-10H,4H2,1-3H3,(H,16,18)(H,17,19). The molecule has 0 aliphatic carbocycles. The zero-order valence-corrected chi connectivity index (χ0v) is 13.5. The molecule has 19 heavy (non-hydrogen) atoms. The van der Waals surface area contributed by atoms with Crippen molar-refractivity contribution in [2.45, 2.75) is 39.3 Å². The van der Waals surface area contributed by atoms with Crippen molar-refractivity contribution in [1.82, 2.24) is 10.6 Å². The molecule has 0 aromatic heterocycles. The van der Waals surface area contributed by atoms with Gasteiger partial charge in [0.2, 0.25) is 5.91 Å². The van der Waals surface area contributed by atoms with Gasteiger partial charge in [-0.25, -0.2) is 0 Å². The van der Waals surface area contributed by atoms with E-state index in [-0.39, 0.29) is 17.9 Å². The number of rotatable bonds is 5. The van der Waals surface area contributed by atoms with Crippen LogP contribution in [0.25, 0.3) is 0 Å². The van der Waals surface area contributed by atoms with E-state index < -0.39 is 6.04 Å². The lowest BCUT2D eigenvalue weighted by atomic mass is 10.2. The summed E-state index contributed by atoms with van der Waals surface area (Å²) in [5, 5.41) is 5.54. The monoisotopic (exact) mass is 374 g/mol. The van der Waals surface area contributed by atoms with Crippen LogP contribution in [0.15, 0.2) is 24.3 Å². The molecule has 0 radical (unpaired) electrons. The summed E-state index contributed by atoms with van der Waals surface area (Å²) >= 11 is 2.15. The van der Waals surface area contributed by atoms with E-state index >= 15 is 0 Å². The molecular formula is C14H19IN2O2. The van der Waals surface area contributed by atoms with Crippen LogP contribution in [0.5, 0.6) is 0 Å². The molecule has 2 unspecified atom stereocenters. The minimum Gasteiger partial charge on any atom is -0.352 e. The predicted molar refractivity (Wildman–Crippen MR) is 84.0 cm³/mol. The van der Waals surface area contributed by atoms with E-state index in [2.05, 4.69) is 33.2 Å². The van der Waals surface area contributed by atoms with Gasteiger partial charge in [0.15, 0.2) is 0 Å². The second-order valence-corrected chi connectivity index (χ2v) is 5.77. The first-order valence-electron chi connectivity index (χ1n) is 6.30. The molecule has 2 atom stereocenters. The Morgan fingerprint density at radius 2 is 1.95 bits per heavy atom. The lowest BCUT2D eigenvalue weighted by molar-refractivity contribution is -0.123. The smallest absolute Gasteiger partial charge is 0.251 e. The highest BCUT2D eigenvalue weighted by atomic mass is 127. The molecule has 0 fully saturated rings. The van der Waals surface area contributed by atoms with Crippen LogP contribution < -0.4 is 10.6 Å². The van der Waals surface area contributed by atoms with Gasteiger partial charge < -0.3 is 10.6 Å². The van der Waals surface area contributed by atoms with Crippen LogP contribution in [0.4, 0.5) is 0 Å².